The van der Waals surface area contributed by atoms with Crippen molar-refractivity contribution in [2.75, 3.05) is 20.3 Å². The molecule has 1 aromatic rings. The van der Waals surface area contributed by atoms with Crippen molar-refractivity contribution in [2.24, 2.45) is 5.92 Å². The number of rotatable bonds is 9. The molecule has 0 fully saturated rings. The SMILES string of the molecule is C=CCc1cc(CNCC(C)C)cc(OC)c1OCC.Cl. The van der Waals surface area contributed by atoms with Gasteiger partial charge in [0.2, 0.25) is 0 Å². The molecule has 1 N–H and O–H groups in total. The van der Waals surface area contributed by atoms with Crippen molar-refractivity contribution < 1.29 is 9.47 Å². The average molecular weight is 314 g/mol. The highest BCUT2D eigenvalue weighted by Gasteiger charge is 2.12. The van der Waals surface area contributed by atoms with E-state index in [1.54, 1.807) is 7.11 Å². The molecule has 0 heterocycles. The van der Waals surface area contributed by atoms with E-state index in [-0.39, 0.29) is 12.4 Å². The van der Waals surface area contributed by atoms with Gasteiger partial charge in [-0.15, -0.1) is 19.0 Å². The molecule has 0 aliphatic rings. The van der Waals surface area contributed by atoms with Crippen molar-refractivity contribution in [3.63, 3.8) is 0 Å². The second kappa shape index (κ2) is 10.5. The first kappa shape index (κ1) is 19.8. The fraction of sp³-hybridized carbons (Fsp3) is 0.529. The summed E-state index contributed by atoms with van der Waals surface area (Å²) >= 11 is 0. The van der Waals surface area contributed by atoms with Gasteiger partial charge in [0.15, 0.2) is 11.5 Å². The smallest absolute Gasteiger partial charge is 0.164 e. The summed E-state index contributed by atoms with van der Waals surface area (Å²) in [5.74, 6) is 2.28. The third-order valence-corrected chi connectivity index (χ3v) is 2.95. The summed E-state index contributed by atoms with van der Waals surface area (Å²) < 4.78 is 11.2. The Morgan fingerprint density at radius 1 is 1.33 bits per heavy atom. The van der Waals surface area contributed by atoms with Gasteiger partial charge in [-0.2, -0.15) is 0 Å². The summed E-state index contributed by atoms with van der Waals surface area (Å²) in [6.07, 6.45) is 2.67. The molecule has 0 amide bonds. The van der Waals surface area contributed by atoms with Crippen molar-refractivity contribution in [3.8, 4) is 11.5 Å². The van der Waals surface area contributed by atoms with Crippen LogP contribution >= 0.6 is 12.4 Å². The van der Waals surface area contributed by atoms with E-state index in [1.165, 1.54) is 5.56 Å². The lowest BCUT2D eigenvalue weighted by atomic mass is 10.1. The van der Waals surface area contributed by atoms with Crippen LogP contribution in [0.15, 0.2) is 24.8 Å². The van der Waals surface area contributed by atoms with Gasteiger partial charge < -0.3 is 14.8 Å². The van der Waals surface area contributed by atoms with Gasteiger partial charge in [0, 0.05) is 12.1 Å². The summed E-state index contributed by atoms with van der Waals surface area (Å²) in [4.78, 5) is 0. The van der Waals surface area contributed by atoms with Crippen molar-refractivity contribution in [2.45, 2.75) is 33.7 Å². The van der Waals surface area contributed by atoms with Crippen molar-refractivity contribution in [1.82, 2.24) is 5.32 Å². The van der Waals surface area contributed by atoms with Crippen LogP contribution in [0.1, 0.15) is 31.9 Å². The lowest BCUT2D eigenvalue weighted by Crippen LogP contribution is -2.19. The van der Waals surface area contributed by atoms with E-state index < -0.39 is 0 Å². The lowest BCUT2D eigenvalue weighted by Gasteiger charge is -2.16. The standard InChI is InChI=1S/C17H27NO2.ClH/c1-6-8-15-9-14(12-18-11-13(3)4)10-16(19-5)17(15)20-7-2;/h6,9-10,13,18H,1,7-8,11-12H2,2-5H3;1H. The molecule has 4 heteroatoms. The van der Waals surface area contributed by atoms with E-state index in [4.69, 9.17) is 9.47 Å². The molecule has 120 valence electrons. The van der Waals surface area contributed by atoms with E-state index in [1.807, 2.05) is 19.1 Å². The van der Waals surface area contributed by atoms with E-state index >= 15 is 0 Å². The van der Waals surface area contributed by atoms with Crippen molar-refractivity contribution >= 4 is 12.4 Å². The first-order valence-corrected chi connectivity index (χ1v) is 7.26. The number of halogens is 1. The molecule has 0 atom stereocenters. The molecular weight excluding hydrogens is 286 g/mol. The number of allylic oxidation sites excluding steroid dienone is 1. The molecule has 0 bridgehead atoms. The Labute approximate surface area is 135 Å². The minimum atomic E-state index is 0. The zero-order valence-electron chi connectivity index (χ0n) is 13.6. The van der Waals surface area contributed by atoms with Gasteiger partial charge in [-0.1, -0.05) is 26.0 Å². The third-order valence-electron chi connectivity index (χ3n) is 2.95. The highest BCUT2D eigenvalue weighted by atomic mass is 35.5. The molecule has 0 saturated heterocycles. The van der Waals surface area contributed by atoms with E-state index in [2.05, 4.69) is 31.8 Å². The Kier molecular flexibility index (Phi) is 9.93. The second-order valence-corrected chi connectivity index (χ2v) is 5.24. The summed E-state index contributed by atoms with van der Waals surface area (Å²) in [6.45, 7) is 12.7. The van der Waals surface area contributed by atoms with Crippen LogP contribution in [0.4, 0.5) is 0 Å². The van der Waals surface area contributed by atoms with Crippen LogP contribution in [-0.2, 0) is 13.0 Å². The van der Waals surface area contributed by atoms with Crippen LogP contribution in [0.2, 0.25) is 0 Å². The van der Waals surface area contributed by atoms with E-state index in [0.29, 0.717) is 12.5 Å². The van der Waals surface area contributed by atoms with Gasteiger partial charge in [0.25, 0.3) is 0 Å². The minimum Gasteiger partial charge on any atom is -0.493 e. The monoisotopic (exact) mass is 313 g/mol. The van der Waals surface area contributed by atoms with Gasteiger partial charge in [0.05, 0.1) is 13.7 Å². The number of benzene rings is 1. The van der Waals surface area contributed by atoms with E-state index in [9.17, 15) is 0 Å². The average Bonchev–Trinajstić information content (AvgIpc) is 2.41. The molecule has 3 nitrogen and oxygen atoms in total. The highest BCUT2D eigenvalue weighted by molar-refractivity contribution is 5.85. The Balaban J connectivity index is 0.00000400. The molecule has 1 rings (SSSR count). The van der Waals surface area contributed by atoms with Crippen molar-refractivity contribution in [3.05, 3.63) is 35.9 Å². The first-order valence-electron chi connectivity index (χ1n) is 7.26. The Hall–Kier alpha value is -1.19. The van der Waals surface area contributed by atoms with Gasteiger partial charge in [-0.05, 0) is 37.4 Å². The Bertz CT molecular complexity index is 433. The molecule has 1 aromatic carbocycles. The molecule has 0 spiro atoms. The maximum atomic E-state index is 5.72. The van der Waals surface area contributed by atoms with E-state index in [0.717, 1.165) is 36.6 Å². The zero-order chi connectivity index (χ0) is 15.0. The number of hydrogen-bond acceptors (Lipinski definition) is 3. The molecular formula is C17H28ClNO2. The second-order valence-electron chi connectivity index (χ2n) is 5.24. The predicted molar refractivity (Wildman–Crippen MR) is 91.9 cm³/mol. The summed E-state index contributed by atoms with van der Waals surface area (Å²) in [7, 11) is 1.68. The first-order chi connectivity index (χ1) is 9.62. The van der Waals surface area contributed by atoms with Gasteiger partial charge >= 0.3 is 0 Å². The van der Waals surface area contributed by atoms with Gasteiger partial charge in [-0.3, -0.25) is 0 Å². The molecule has 0 aromatic heterocycles. The maximum absolute atomic E-state index is 5.72. The summed E-state index contributed by atoms with van der Waals surface area (Å²) in [6, 6.07) is 4.22. The van der Waals surface area contributed by atoms with Crippen LogP contribution in [-0.4, -0.2) is 20.3 Å². The fourth-order valence-electron chi connectivity index (χ4n) is 2.10. The number of hydrogen-bond donors (Lipinski definition) is 1. The highest BCUT2D eigenvalue weighted by Crippen LogP contribution is 2.33. The normalized spacial score (nSPS) is 10.1. The molecule has 0 aliphatic heterocycles. The molecule has 0 unspecified atom stereocenters. The maximum Gasteiger partial charge on any atom is 0.164 e. The van der Waals surface area contributed by atoms with Gasteiger partial charge in [0.1, 0.15) is 0 Å². The zero-order valence-corrected chi connectivity index (χ0v) is 14.4. The minimum absolute atomic E-state index is 0. The fourth-order valence-corrected chi connectivity index (χ4v) is 2.10. The number of methoxy groups -OCH3 is 1. The Morgan fingerprint density at radius 2 is 2.05 bits per heavy atom. The van der Waals surface area contributed by atoms with Gasteiger partial charge in [-0.25, -0.2) is 0 Å². The third kappa shape index (κ3) is 6.40. The summed E-state index contributed by atoms with van der Waals surface area (Å²) in [5, 5.41) is 3.45. The molecule has 0 aliphatic carbocycles. The quantitative estimate of drug-likeness (QED) is 0.699. The number of ether oxygens (including phenoxy) is 2. The Morgan fingerprint density at radius 3 is 2.57 bits per heavy atom. The summed E-state index contributed by atoms with van der Waals surface area (Å²) in [5.41, 5.74) is 2.34. The molecule has 21 heavy (non-hydrogen) atoms. The van der Waals surface area contributed by atoms with Crippen LogP contribution in [0.3, 0.4) is 0 Å². The molecule has 0 radical (unpaired) electrons. The largest absolute Gasteiger partial charge is 0.493 e. The topological polar surface area (TPSA) is 30.5 Å². The molecule has 0 saturated carbocycles. The van der Waals surface area contributed by atoms with Crippen LogP contribution in [0.25, 0.3) is 0 Å². The number of nitrogens with one attached hydrogen (secondary N) is 1. The van der Waals surface area contributed by atoms with Crippen LogP contribution in [0.5, 0.6) is 11.5 Å². The predicted octanol–water partition coefficient (Wildman–Crippen LogP) is 3.99. The lowest BCUT2D eigenvalue weighted by molar-refractivity contribution is 0.308. The van der Waals surface area contributed by atoms with Crippen LogP contribution < -0.4 is 14.8 Å². The van der Waals surface area contributed by atoms with Crippen LogP contribution in [0, 0.1) is 5.92 Å². The van der Waals surface area contributed by atoms with Crippen molar-refractivity contribution in [1.29, 1.82) is 0 Å².